The average molecular weight is 507 g/mol. The van der Waals surface area contributed by atoms with Crippen molar-refractivity contribution in [2.75, 3.05) is 13.7 Å². The molecule has 1 fully saturated rings. The number of amides is 2. The molecule has 0 aromatic heterocycles. The van der Waals surface area contributed by atoms with Crippen LogP contribution < -0.4 is 9.47 Å². The summed E-state index contributed by atoms with van der Waals surface area (Å²) in [6.45, 7) is 4.20. The number of imide groups is 1. The Hall–Kier alpha value is -2.26. The molecule has 0 unspecified atom stereocenters. The maximum atomic E-state index is 12.8. The van der Waals surface area contributed by atoms with Crippen LogP contribution in [-0.2, 0) is 11.3 Å². The van der Waals surface area contributed by atoms with Crippen molar-refractivity contribution in [3.8, 4) is 11.5 Å². The van der Waals surface area contributed by atoms with Crippen LogP contribution in [0.25, 0.3) is 6.08 Å². The Bertz CT molecular complexity index is 940. The van der Waals surface area contributed by atoms with Crippen LogP contribution in [0.5, 0.6) is 11.5 Å². The fourth-order valence-corrected chi connectivity index (χ4v) is 3.84. The van der Waals surface area contributed by atoms with E-state index in [0.29, 0.717) is 28.6 Å². The first-order valence-corrected chi connectivity index (χ1v) is 10.3. The number of benzene rings is 2. The van der Waals surface area contributed by atoms with Crippen molar-refractivity contribution in [3.05, 3.63) is 74.7 Å². The van der Waals surface area contributed by atoms with Crippen molar-refractivity contribution < 1.29 is 19.1 Å². The highest BCUT2D eigenvalue weighted by Gasteiger charge is 2.35. The SMILES string of the molecule is C=CCOc1c(/C=C2\SC(=O)N(Cc3ccc(I)cc3)C2=O)cccc1OC. The number of thioether (sulfide) groups is 1. The molecule has 0 N–H and O–H groups in total. The topological polar surface area (TPSA) is 55.8 Å². The van der Waals surface area contributed by atoms with Crippen molar-refractivity contribution in [2.24, 2.45) is 0 Å². The molecule has 0 bridgehead atoms. The number of para-hydroxylation sites is 1. The Kier molecular flexibility index (Phi) is 6.79. The molecule has 1 saturated heterocycles. The summed E-state index contributed by atoms with van der Waals surface area (Å²) in [6, 6.07) is 13.1. The second-order valence-corrected chi connectivity index (χ2v) is 8.11. The lowest BCUT2D eigenvalue weighted by Gasteiger charge is -2.13. The number of carbonyl (C=O) groups excluding carboxylic acids is 2. The fourth-order valence-electron chi connectivity index (χ4n) is 2.65. The van der Waals surface area contributed by atoms with Crippen molar-refractivity contribution in [2.45, 2.75) is 6.54 Å². The summed E-state index contributed by atoms with van der Waals surface area (Å²) in [5.74, 6) is 0.745. The van der Waals surface area contributed by atoms with Crippen LogP contribution in [-0.4, -0.2) is 29.8 Å². The molecular formula is C21H18INO4S. The van der Waals surface area contributed by atoms with Crippen LogP contribution in [0.3, 0.4) is 0 Å². The number of halogens is 1. The van der Waals surface area contributed by atoms with Gasteiger partial charge >= 0.3 is 0 Å². The summed E-state index contributed by atoms with van der Waals surface area (Å²) in [6.07, 6.45) is 3.30. The van der Waals surface area contributed by atoms with Gasteiger partial charge in [0.2, 0.25) is 0 Å². The van der Waals surface area contributed by atoms with E-state index in [1.165, 1.54) is 4.90 Å². The van der Waals surface area contributed by atoms with Gasteiger partial charge in [0.1, 0.15) is 6.61 Å². The van der Waals surface area contributed by atoms with E-state index in [2.05, 4.69) is 29.2 Å². The maximum Gasteiger partial charge on any atom is 0.293 e. The molecule has 0 aliphatic carbocycles. The standard InChI is InChI=1S/C21H18INO4S/c1-3-11-27-19-15(5-4-6-17(19)26-2)12-18-20(24)23(21(25)28-18)13-14-7-9-16(22)10-8-14/h3-10,12H,1,11,13H2,2H3/b18-12-. The van der Waals surface area contributed by atoms with E-state index in [0.717, 1.165) is 20.9 Å². The lowest BCUT2D eigenvalue weighted by molar-refractivity contribution is -0.123. The molecule has 0 atom stereocenters. The van der Waals surface area contributed by atoms with E-state index in [4.69, 9.17) is 9.47 Å². The van der Waals surface area contributed by atoms with Crippen molar-refractivity contribution in [1.29, 1.82) is 0 Å². The third-order valence-corrected chi connectivity index (χ3v) is 5.62. The summed E-state index contributed by atoms with van der Waals surface area (Å²) < 4.78 is 12.2. The van der Waals surface area contributed by atoms with Gasteiger partial charge in [-0.05, 0) is 64.2 Å². The Morgan fingerprint density at radius 2 is 1.93 bits per heavy atom. The van der Waals surface area contributed by atoms with Gasteiger partial charge in [0.05, 0.1) is 18.6 Å². The third kappa shape index (κ3) is 4.59. The van der Waals surface area contributed by atoms with Crippen molar-refractivity contribution >= 4 is 51.6 Å². The second kappa shape index (κ2) is 9.29. The zero-order chi connectivity index (χ0) is 20.1. The molecule has 0 radical (unpaired) electrons. The van der Waals surface area contributed by atoms with Gasteiger partial charge in [-0.25, -0.2) is 0 Å². The summed E-state index contributed by atoms with van der Waals surface area (Å²) >= 11 is 3.14. The van der Waals surface area contributed by atoms with E-state index in [1.807, 2.05) is 30.3 Å². The monoisotopic (exact) mass is 507 g/mol. The fraction of sp³-hybridized carbons (Fsp3) is 0.143. The number of nitrogens with zero attached hydrogens (tertiary/aromatic N) is 1. The first-order valence-electron chi connectivity index (χ1n) is 8.44. The molecule has 2 aromatic carbocycles. The van der Waals surface area contributed by atoms with E-state index >= 15 is 0 Å². The van der Waals surface area contributed by atoms with E-state index in [-0.39, 0.29) is 17.7 Å². The lowest BCUT2D eigenvalue weighted by atomic mass is 10.1. The number of hydrogen-bond donors (Lipinski definition) is 0. The summed E-state index contributed by atoms with van der Waals surface area (Å²) in [5.41, 5.74) is 1.57. The van der Waals surface area contributed by atoms with Crippen LogP contribution in [0.4, 0.5) is 4.79 Å². The van der Waals surface area contributed by atoms with Gasteiger partial charge in [0.15, 0.2) is 11.5 Å². The molecule has 2 aromatic rings. The molecule has 1 aliphatic rings. The zero-order valence-electron chi connectivity index (χ0n) is 15.2. The van der Waals surface area contributed by atoms with Gasteiger partial charge in [0, 0.05) is 9.13 Å². The largest absolute Gasteiger partial charge is 0.493 e. The number of ether oxygens (including phenoxy) is 2. The predicted molar refractivity (Wildman–Crippen MR) is 119 cm³/mol. The first-order chi connectivity index (χ1) is 13.5. The van der Waals surface area contributed by atoms with Crippen LogP contribution >= 0.6 is 34.4 Å². The molecule has 2 amide bonds. The smallest absolute Gasteiger partial charge is 0.293 e. The van der Waals surface area contributed by atoms with Crippen LogP contribution in [0.1, 0.15) is 11.1 Å². The van der Waals surface area contributed by atoms with E-state index in [9.17, 15) is 9.59 Å². The minimum Gasteiger partial charge on any atom is -0.493 e. The van der Waals surface area contributed by atoms with Gasteiger partial charge in [-0.15, -0.1) is 0 Å². The van der Waals surface area contributed by atoms with Gasteiger partial charge in [0.25, 0.3) is 11.1 Å². The Morgan fingerprint density at radius 1 is 1.18 bits per heavy atom. The van der Waals surface area contributed by atoms with Crippen molar-refractivity contribution in [3.63, 3.8) is 0 Å². The molecule has 144 valence electrons. The van der Waals surface area contributed by atoms with Crippen LogP contribution in [0, 0.1) is 3.57 Å². The molecule has 28 heavy (non-hydrogen) atoms. The molecular weight excluding hydrogens is 489 g/mol. The predicted octanol–water partition coefficient (Wildman–Crippen LogP) is 5.10. The minimum atomic E-state index is -0.314. The molecule has 0 saturated carbocycles. The number of hydrogen-bond acceptors (Lipinski definition) is 5. The number of methoxy groups -OCH3 is 1. The van der Waals surface area contributed by atoms with Crippen LogP contribution in [0.15, 0.2) is 60.0 Å². The molecule has 1 aliphatic heterocycles. The number of carbonyl (C=O) groups is 2. The Balaban J connectivity index is 1.87. The number of rotatable bonds is 7. The molecule has 0 spiro atoms. The normalized spacial score (nSPS) is 15.2. The third-order valence-electron chi connectivity index (χ3n) is 3.99. The highest BCUT2D eigenvalue weighted by Crippen LogP contribution is 2.37. The van der Waals surface area contributed by atoms with Crippen LogP contribution in [0.2, 0.25) is 0 Å². The second-order valence-electron chi connectivity index (χ2n) is 5.87. The first kappa shape index (κ1) is 20.5. The quantitative estimate of drug-likeness (QED) is 0.297. The Morgan fingerprint density at radius 3 is 2.61 bits per heavy atom. The van der Waals surface area contributed by atoms with Gasteiger partial charge in [-0.2, -0.15) is 0 Å². The molecule has 3 rings (SSSR count). The van der Waals surface area contributed by atoms with E-state index in [1.54, 1.807) is 31.4 Å². The molecule has 7 heteroatoms. The maximum absolute atomic E-state index is 12.8. The lowest BCUT2D eigenvalue weighted by Crippen LogP contribution is -2.27. The van der Waals surface area contributed by atoms with Gasteiger partial charge in [-0.3, -0.25) is 14.5 Å². The Labute approximate surface area is 181 Å². The van der Waals surface area contributed by atoms with Gasteiger partial charge < -0.3 is 9.47 Å². The highest BCUT2D eigenvalue weighted by atomic mass is 127. The molecule has 1 heterocycles. The summed E-state index contributed by atoms with van der Waals surface area (Å²) in [7, 11) is 1.55. The zero-order valence-corrected chi connectivity index (χ0v) is 18.2. The highest BCUT2D eigenvalue weighted by molar-refractivity contribution is 14.1. The summed E-state index contributed by atoms with van der Waals surface area (Å²) in [5, 5.41) is -0.286. The average Bonchev–Trinajstić information content (AvgIpc) is 2.95. The van der Waals surface area contributed by atoms with Gasteiger partial charge in [-0.1, -0.05) is 36.9 Å². The minimum absolute atomic E-state index is 0.247. The summed E-state index contributed by atoms with van der Waals surface area (Å²) in [4.78, 5) is 26.8. The molecule has 5 nitrogen and oxygen atoms in total. The van der Waals surface area contributed by atoms with E-state index < -0.39 is 0 Å². The van der Waals surface area contributed by atoms with Crippen molar-refractivity contribution in [1.82, 2.24) is 4.90 Å².